The van der Waals surface area contributed by atoms with Crippen LogP contribution in [0.4, 0.5) is 0 Å². The maximum absolute atomic E-state index is 3.57. The largest absolute Gasteiger partial charge is 0.317 e. The molecule has 0 spiro atoms. The van der Waals surface area contributed by atoms with Gasteiger partial charge in [0.1, 0.15) is 0 Å². The van der Waals surface area contributed by atoms with Crippen molar-refractivity contribution in [2.24, 2.45) is 5.92 Å². The van der Waals surface area contributed by atoms with Crippen LogP contribution in [0.1, 0.15) is 33.1 Å². The molecule has 0 aromatic heterocycles. The predicted molar refractivity (Wildman–Crippen MR) is 53.3 cm³/mol. The van der Waals surface area contributed by atoms with Crippen molar-refractivity contribution >= 4 is 0 Å². The molecule has 1 saturated heterocycles. The Hall–Kier alpha value is -0.0800. The maximum atomic E-state index is 3.57. The summed E-state index contributed by atoms with van der Waals surface area (Å²) < 4.78 is 0. The molecule has 0 saturated carbocycles. The Balaban J connectivity index is 2.35. The molecule has 3 atom stereocenters. The van der Waals surface area contributed by atoms with Crippen molar-refractivity contribution in [1.82, 2.24) is 10.6 Å². The average Bonchev–Trinajstić information content (AvgIpc) is 2.29. The van der Waals surface area contributed by atoms with Gasteiger partial charge in [0.25, 0.3) is 0 Å². The third kappa shape index (κ3) is 2.76. The number of hydrogen-bond donors (Lipinski definition) is 2. The first-order chi connectivity index (χ1) is 5.74. The third-order valence-corrected chi connectivity index (χ3v) is 3.10. The summed E-state index contributed by atoms with van der Waals surface area (Å²) in [5.41, 5.74) is 0. The van der Waals surface area contributed by atoms with Gasteiger partial charge < -0.3 is 10.6 Å². The molecule has 2 heteroatoms. The van der Waals surface area contributed by atoms with Gasteiger partial charge in [-0.15, -0.1) is 0 Å². The van der Waals surface area contributed by atoms with Gasteiger partial charge in [0, 0.05) is 12.1 Å². The van der Waals surface area contributed by atoms with E-state index in [-0.39, 0.29) is 0 Å². The van der Waals surface area contributed by atoms with Crippen LogP contribution in [0.3, 0.4) is 0 Å². The maximum Gasteiger partial charge on any atom is 0.00761 e. The number of hydrogen-bond acceptors (Lipinski definition) is 2. The van der Waals surface area contributed by atoms with E-state index in [9.17, 15) is 0 Å². The Bertz CT molecular complexity index is 125. The summed E-state index contributed by atoms with van der Waals surface area (Å²) >= 11 is 0. The summed E-state index contributed by atoms with van der Waals surface area (Å²) in [6.45, 7) is 5.75. The normalized spacial score (nSPS) is 34.2. The van der Waals surface area contributed by atoms with Gasteiger partial charge in [0.2, 0.25) is 0 Å². The molecule has 0 bridgehead atoms. The molecular formula is C10H22N2. The van der Waals surface area contributed by atoms with Gasteiger partial charge in [-0.05, 0) is 46.2 Å². The molecule has 1 aliphatic rings. The van der Waals surface area contributed by atoms with E-state index in [2.05, 4.69) is 31.5 Å². The smallest absolute Gasteiger partial charge is 0.00761 e. The molecule has 1 heterocycles. The monoisotopic (exact) mass is 170 g/mol. The second-order valence-electron chi connectivity index (χ2n) is 4.08. The van der Waals surface area contributed by atoms with Gasteiger partial charge in [-0.1, -0.05) is 6.42 Å². The van der Waals surface area contributed by atoms with Crippen molar-refractivity contribution in [3.63, 3.8) is 0 Å². The van der Waals surface area contributed by atoms with Gasteiger partial charge in [0.15, 0.2) is 0 Å². The minimum atomic E-state index is 0.655. The minimum absolute atomic E-state index is 0.655. The molecule has 1 aliphatic heterocycles. The highest BCUT2D eigenvalue weighted by atomic mass is 14.9. The summed E-state index contributed by atoms with van der Waals surface area (Å²) in [7, 11) is 2.05. The lowest BCUT2D eigenvalue weighted by molar-refractivity contribution is 0.366. The molecule has 0 aromatic carbocycles. The van der Waals surface area contributed by atoms with Crippen LogP contribution in [-0.4, -0.2) is 25.7 Å². The summed E-state index contributed by atoms with van der Waals surface area (Å²) in [6.07, 6.45) is 4.09. The quantitative estimate of drug-likeness (QED) is 0.654. The fraction of sp³-hybridized carbons (Fsp3) is 1.00. The highest BCUT2D eigenvalue weighted by Crippen LogP contribution is 2.17. The lowest BCUT2D eigenvalue weighted by Crippen LogP contribution is -2.37. The molecule has 1 rings (SSSR count). The first-order valence-corrected chi connectivity index (χ1v) is 5.14. The van der Waals surface area contributed by atoms with Crippen LogP contribution in [0, 0.1) is 5.92 Å². The lowest BCUT2D eigenvalue weighted by atomic mass is 9.96. The van der Waals surface area contributed by atoms with Crippen LogP contribution in [0.2, 0.25) is 0 Å². The van der Waals surface area contributed by atoms with E-state index in [1.807, 2.05) is 0 Å². The summed E-state index contributed by atoms with van der Waals surface area (Å²) in [6, 6.07) is 1.38. The van der Waals surface area contributed by atoms with Gasteiger partial charge in [-0.2, -0.15) is 0 Å². The Labute approximate surface area is 76.1 Å². The van der Waals surface area contributed by atoms with Crippen molar-refractivity contribution < 1.29 is 0 Å². The molecule has 12 heavy (non-hydrogen) atoms. The van der Waals surface area contributed by atoms with Crippen LogP contribution in [0.25, 0.3) is 0 Å². The minimum Gasteiger partial charge on any atom is -0.317 e. The van der Waals surface area contributed by atoms with E-state index in [4.69, 9.17) is 0 Å². The fourth-order valence-electron chi connectivity index (χ4n) is 1.91. The van der Waals surface area contributed by atoms with E-state index < -0.39 is 0 Å². The topological polar surface area (TPSA) is 24.1 Å². The Morgan fingerprint density at radius 3 is 2.83 bits per heavy atom. The Morgan fingerprint density at radius 2 is 2.17 bits per heavy atom. The second kappa shape index (κ2) is 4.83. The molecule has 0 aromatic rings. The lowest BCUT2D eigenvalue weighted by Gasteiger charge is -2.22. The molecule has 1 fully saturated rings. The first-order valence-electron chi connectivity index (χ1n) is 5.14. The molecule has 2 N–H and O–H groups in total. The number of nitrogens with one attached hydrogen (secondary N) is 2. The SMILES string of the molecule is CN[C@@H](C)C1CCC[C@@H](C)NC1. The van der Waals surface area contributed by atoms with Crippen LogP contribution < -0.4 is 10.6 Å². The molecular weight excluding hydrogens is 148 g/mol. The summed E-state index contributed by atoms with van der Waals surface area (Å²) in [4.78, 5) is 0. The van der Waals surface area contributed by atoms with Crippen LogP contribution in [0.5, 0.6) is 0 Å². The van der Waals surface area contributed by atoms with Gasteiger partial charge in [-0.25, -0.2) is 0 Å². The number of rotatable bonds is 2. The Kier molecular flexibility index (Phi) is 4.02. The van der Waals surface area contributed by atoms with Crippen molar-refractivity contribution in [2.75, 3.05) is 13.6 Å². The molecule has 2 nitrogen and oxygen atoms in total. The molecule has 72 valence electrons. The van der Waals surface area contributed by atoms with Crippen molar-refractivity contribution in [1.29, 1.82) is 0 Å². The first kappa shape index (κ1) is 10.0. The highest BCUT2D eigenvalue weighted by molar-refractivity contribution is 4.78. The second-order valence-corrected chi connectivity index (χ2v) is 4.08. The zero-order valence-electron chi connectivity index (χ0n) is 8.56. The van der Waals surface area contributed by atoms with E-state index >= 15 is 0 Å². The fourth-order valence-corrected chi connectivity index (χ4v) is 1.91. The van der Waals surface area contributed by atoms with Crippen molar-refractivity contribution in [2.45, 2.75) is 45.2 Å². The summed E-state index contributed by atoms with van der Waals surface area (Å²) in [5, 5.41) is 6.91. The van der Waals surface area contributed by atoms with Crippen LogP contribution >= 0.6 is 0 Å². The van der Waals surface area contributed by atoms with Crippen molar-refractivity contribution in [3.8, 4) is 0 Å². The molecule has 0 radical (unpaired) electrons. The van der Waals surface area contributed by atoms with E-state index in [1.165, 1.54) is 25.8 Å². The van der Waals surface area contributed by atoms with Gasteiger partial charge in [-0.3, -0.25) is 0 Å². The molecule has 0 aliphatic carbocycles. The summed E-state index contributed by atoms with van der Waals surface area (Å²) in [5.74, 6) is 0.819. The van der Waals surface area contributed by atoms with Gasteiger partial charge in [0.05, 0.1) is 0 Å². The zero-order valence-corrected chi connectivity index (χ0v) is 8.56. The van der Waals surface area contributed by atoms with Crippen molar-refractivity contribution in [3.05, 3.63) is 0 Å². The zero-order chi connectivity index (χ0) is 8.97. The highest BCUT2D eigenvalue weighted by Gasteiger charge is 2.19. The predicted octanol–water partition coefficient (Wildman–Crippen LogP) is 1.37. The standard InChI is InChI=1S/C10H22N2/c1-8-5-4-6-10(7-12-8)9(2)11-3/h8-12H,4-7H2,1-3H3/t8-,9+,10?/m1/s1. The van der Waals surface area contributed by atoms with E-state index in [1.54, 1.807) is 0 Å². The van der Waals surface area contributed by atoms with Crippen LogP contribution in [-0.2, 0) is 0 Å². The third-order valence-electron chi connectivity index (χ3n) is 3.10. The molecule has 1 unspecified atom stereocenters. The van der Waals surface area contributed by atoms with E-state index in [0.717, 1.165) is 12.0 Å². The average molecular weight is 170 g/mol. The van der Waals surface area contributed by atoms with E-state index in [0.29, 0.717) is 6.04 Å². The van der Waals surface area contributed by atoms with Crippen LogP contribution in [0.15, 0.2) is 0 Å². The van der Waals surface area contributed by atoms with Gasteiger partial charge >= 0.3 is 0 Å². The Morgan fingerprint density at radius 1 is 1.42 bits per heavy atom. The molecule has 0 amide bonds.